The van der Waals surface area contributed by atoms with E-state index >= 15 is 0 Å². The molecule has 1 aromatic rings. The highest BCUT2D eigenvalue weighted by atomic mass is 16.4. The van der Waals surface area contributed by atoms with E-state index in [1.54, 1.807) is 6.33 Å². The van der Waals surface area contributed by atoms with Crippen molar-refractivity contribution in [3.05, 3.63) is 12.2 Å². The molecule has 24 heavy (non-hydrogen) atoms. The van der Waals surface area contributed by atoms with Gasteiger partial charge in [0.25, 0.3) is 0 Å². The summed E-state index contributed by atoms with van der Waals surface area (Å²) in [7, 11) is 1.90. The molecule has 3 fully saturated rings. The van der Waals surface area contributed by atoms with Gasteiger partial charge in [-0.15, -0.1) is 10.2 Å². The number of aromatic nitrogens is 3. The molecule has 1 aliphatic heterocycles. The lowest BCUT2D eigenvalue weighted by Gasteiger charge is -2.42. The molecule has 2 aliphatic carbocycles. The number of likely N-dealkylation sites (tertiary alicyclic amines) is 1. The molecule has 3 aliphatic rings. The van der Waals surface area contributed by atoms with E-state index in [4.69, 9.17) is 0 Å². The number of carboxylic acids is 1. The van der Waals surface area contributed by atoms with Crippen molar-refractivity contribution in [2.24, 2.45) is 18.4 Å². The molecule has 1 saturated heterocycles. The first-order valence-electron chi connectivity index (χ1n) is 8.92. The summed E-state index contributed by atoms with van der Waals surface area (Å²) in [5.41, 5.74) is -0.710. The molecule has 1 aromatic heterocycles. The van der Waals surface area contributed by atoms with Crippen LogP contribution in [0.1, 0.15) is 56.7 Å². The van der Waals surface area contributed by atoms with Crippen LogP contribution in [0.25, 0.3) is 0 Å². The summed E-state index contributed by atoms with van der Waals surface area (Å²) in [4.78, 5) is 26.9. The Morgan fingerprint density at radius 2 is 2.08 bits per heavy atom. The second-order valence-corrected chi connectivity index (χ2v) is 7.59. The van der Waals surface area contributed by atoms with Gasteiger partial charge in [0.1, 0.15) is 12.2 Å². The SMILES string of the molecule is Cn1cnnc1[C@@H]1CC[C@@H]1C(=O)N1CC[C@]2(C(=O)O)CCCC[C@H]12. The fourth-order valence-electron chi connectivity index (χ4n) is 5.01. The Morgan fingerprint density at radius 3 is 2.71 bits per heavy atom. The number of nitrogens with zero attached hydrogens (tertiary/aromatic N) is 4. The van der Waals surface area contributed by atoms with E-state index in [-0.39, 0.29) is 23.8 Å². The number of carbonyl (C=O) groups excluding carboxylic acids is 1. The molecule has 2 saturated carbocycles. The minimum atomic E-state index is -0.721. The van der Waals surface area contributed by atoms with E-state index in [0.717, 1.165) is 37.9 Å². The number of hydrogen-bond acceptors (Lipinski definition) is 4. The molecule has 2 heterocycles. The van der Waals surface area contributed by atoms with Gasteiger partial charge in [0.2, 0.25) is 5.91 Å². The summed E-state index contributed by atoms with van der Waals surface area (Å²) in [6, 6.07) is -0.128. The highest BCUT2D eigenvalue weighted by molar-refractivity contribution is 5.84. The van der Waals surface area contributed by atoms with Gasteiger partial charge >= 0.3 is 5.97 Å². The predicted molar refractivity (Wildman–Crippen MR) is 85.1 cm³/mol. The van der Waals surface area contributed by atoms with Gasteiger partial charge in [-0.25, -0.2) is 0 Å². The van der Waals surface area contributed by atoms with Gasteiger partial charge in [-0.3, -0.25) is 9.59 Å². The second-order valence-electron chi connectivity index (χ2n) is 7.59. The molecule has 1 N–H and O–H groups in total. The van der Waals surface area contributed by atoms with Crippen LogP contribution in [-0.4, -0.2) is 49.2 Å². The lowest BCUT2D eigenvalue weighted by atomic mass is 9.69. The van der Waals surface area contributed by atoms with Crippen molar-refractivity contribution >= 4 is 11.9 Å². The molecule has 0 bridgehead atoms. The monoisotopic (exact) mass is 332 g/mol. The summed E-state index contributed by atoms with van der Waals surface area (Å²) in [5, 5.41) is 17.9. The number of aliphatic carboxylic acids is 1. The van der Waals surface area contributed by atoms with Crippen LogP contribution < -0.4 is 0 Å². The van der Waals surface area contributed by atoms with Crippen molar-refractivity contribution in [2.75, 3.05) is 6.54 Å². The molecular weight excluding hydrogens is 308 g/mol. The zero-order valence-corrected chi connectivity index (χ0v) is 14.0. The first-order valence-corrected chi connectivity index (χ1v) is 8.92. The normalized spacial score (nSPS) is 35.4. The maximum Gasteiger partial charge on any atom is 0.311 e. The number of amides is 1. The van der Waals surface area contributed by atoms with E-state index in [0.29, 0.717) is 19.4 Å². The first-order chi connectivity index (χ1) is 11.5. The second kappa shape index (κ2) is 5.57. The summed E-state index contributed by atoms with van der Waals surface area (Å²) in [5.74, 6) is 0.324. The molecule has 0 spiro atoms. The van der Waals surface area contributed by atoms with Crippen LogP contribution in [0.2, 0.25) is 0 Å². The van der Waals surface area contributed by atoms with Gasteiger partial charge in [0.05, 0.1) is 5.41 Å². The fraction of sp³-hybridized carbons (Fsp3) is 0.765. The molecule has 7 heteroatoms. The van der Waals surface area contributed by atoms with Gasteiger partial charge in [-0.1, -0.05) is 12.8 Å². The zero-order valence-electron chi connectivity index (χ0n) is 14.0. The van der Waals surface area contributed by atoms with Crippen LogP contribution in [-0.2, 0) is 16.6 Å². The maximum atomic E-state index is 13.1. The fourth-order valence-corrected chi connectivity index (χ4v) is 5.01. The first kappa shape index (κ1) is 15.6. The average molecular weight is 332 g/mol. The van der Waals surface area contributed by atoms with Gasteiger partial charge in [0.15, 0.2) is 0 Å². The van der Waals surface area contributed by atoms with Gasteiger partial charge in [0, 0.05) is 31.5 Å². The Labute approximate surface area is 141 Å². The molecule has 1 amide bonds. The van der Waals surface area contributed by atoms with E-state index in [2.05, 4.69) is 10.2 Å². The van der Waals surface area contributed by atoms with Crippen LogP contribution in [0, 0.1) is 11.3 Å². The third-order valence-corrected chi connectivity index (χ3v) is 6.54. The topological polar surface area (TPSA) is 88.3 Å². The third kappa shape index (κ3) is 2.09. The molecule has 130 valence electrons. The Kier molecular flexibility index (Phi) is 3.62. The predicted octanol–water partition coefficient (Wildman–Crippen LogP) is 1.55. The number of carboxylic acid groups (broad SMARTS) is 1. The average Bonchev–Trinajstić information content (AvgIpc) is 3.11. The number of fused-ring (bicyclic) bond motifs is 1. The van der Waals surface area contributed by atoms with E-state index in [1.807, 2.05) is 16.5 Å². The van der Waals surface area contributed by atoms with Crippen molar-refractivity contribution in [2.45, 2.75) is 56.9 Å². The van der Waals surface area contributed by atoms with Gasteiger partial charge < -0.3 is 14.6 Å². The van der Waals surface area contributed by atoms with Crippen molar-refractivity contribution in [3.63, 3.8) is 0 Å². The lowest BCUT2D eigenvalue weighted by molar-refractivity contribution is -0.154. The highest BCUT2D eigenvalue weighted by Crippen LogP contribution is 2.50. The largest absolute Gasteiger partial charge is 0.481 e. The van der Waals surface area contributed by atoms with E-state index in [9.17, 15) is 14.7 Å². The molecule has 0 radical (unpaired) electrons. The highest BCUT2D eigenvalue weighted by Gasteiger charge is 2.56. The number of rotatable bonds is 3. The van der Waals surface area contributed by atoms with E-state index < -0.39 is 11.4 Å². The Bertz CT molecular complexity index is 673. The molecule has 0 unspecified atom stereocenters. The number of aryl methyl sites for hydroxylation is 1. The molecule has 7 nitrogen and oxygen atoms in total. The quantitative estimate of drug-likeness (QED) is 0.907. The van der Waals surface area contributed by atoms with Crippen molar-refractivity contribution < 1.29 is 14.7 Å². The maximum absolute atomic E-state index is 13.1. The Morgan fingerprint density at radius 1 is 1.25 bits per heavy atom. The van der Waals surface area contributed by atoms with Crippen LogP contribution >= 0.6 is 0 Å². The molecule has 0 aromatic carbocycles. The number of carbonyl (C=O) groups is 2. The Hall–Kier alpha value is -1.92. The van der Waals surface area contributed by atoms with Crippen molar-refractivity contribution in [1.82, 2.24) is 19.7 Å². The van der Waals surface area contributed by atoms with Gasteiger partial charge in [-0.05, 0) is 32.1 Å². The molecular formula is C17H24N4O3. The molecule has 4 atom stereocenters. The summed E-state index contributed by atoms with van der Waals surface area (Å²) in [6.45, 7) is 0.581. The van der Waals surface area contributed by atoms with Gasteiger partial charge in [-0.2, -0.15) is 0 Å². The minimum absolute atomic E-state index is 0.0700. The lowest BCUT2D eigenvalue weighted by Crippen LogP contribution is -2.51. The van der Waals surface area contributed by atoms with Crippen molar-refractivity contribution in [3.8, 4) is 0 Å². The zero-order chi connectivity index (χ0) is 16.9. The smallest absolute Gasteiger partial charge is 0.311 e. The van der Waals surface area contributed by atoms with Crippen LogP contribution in [0.4, 0.5) is 0 Å². The molecule has 4 rings (SSSR count). The van der Waals surface area contributed by atoms with E-state index in [1.165, 1.54) is 0 Å². The Balaban J connectivity index is 1.55. The van der Waals surface area contributed by atoms with Crippen molar-refractivity contribution in [1.29, 1.82) is 0 Å². The minimum Gasteiger partial charge on any atom is -0.481 e. The standard InChI is InChI=1S/C17H24N4O3/c1-20-10-18-19-14(20)11-5-6-12(11)15(22)21-9-8-17(16(23)24)7-3-2-4-13(17)21/h10-13H,2-9H2,1H3,(H,23,24)/t11-,12+,13+,17-/m1/s1. The summed E-state index contributed by atoms with van der Waals surface area (Å²) >= 11 is 0. The van der Waals surface area contributed by atoms with Crippen LogP contribution in [0.3, 0.4) is 0 Å². The van der Waals surface area contributed by atoms with Crippen LogP contribution in [0.5, 0.6) is 0 Å². The third-order valence-electron chi connectivity index (χ3n) is 6.54. The summed E-state index contributed by atoms with van der Waals surface area (Å²) < 4.78 is 1.89. The van der Waals surface area contributed by atoms with Crippen LogP contribution in [0.15, 0.2) is 6.33 Å². The number of hydrogen-bond donors (Lipinski definition) is 1. The summed E-state index contributed by atoms with van der Waals surface area (Å²) in [6.07, 6.45) is 7.57.